The van der Waals surface area contributed by atoms with Crippen molar-refractivity contribution in [3.63, 3.8) is 0 Å². The standard InChI is InChI=1S/C18H21N3/c1-12-16(20-17-15(19)6-5-11-21(12)17)13-7-9-14(10-8-13)18(2,3)4/h5-11H,19H2,1-4H3. The predicted molar refractivity (Wildman–Crippen MR) is 88.5 cm³/mol. The molecule has 1 aromatic carbocycles. The molecule has 0 saturated heterocycles. The van der Waals surface area contributed by atoms with Crippen LogP contribution in [0.1, 0.15) is 32.0 Å². The van der Waals surface area contributed by atoms with Gasteiger partial charge in [0.05, 0.1) is 11.4 Å². The Bertz CT molecular complexity index is 790. The second-order valence-electron chi connectivity index (χ2n) is 6.53. The van der Waals surface area contributed by atoms with Crippen molar-refractivity contribution >= 4 is 11.3 Å². The van der Waals surface area contributed by atoms with Crippen molar-refractivity contribution in [2.75, 3.05) is 5.73 Å². The molecule has 0 fully saturated rings. The summed E-state index contributed by atoms with van der Waals surface area (Å²) < 4.78 is 2.04. The summed E-state index contributed by atoms with van der Waals surface area (Å²) in [5.41, 5.74) is 12.3. The minimum Gasteiger partial charge on any atom is -0.396 e. The Morgan fingerprint density at radius 3 is 2.29 bits per heavy atom. The first-order valence-corrected chi connectivity index (χ1v) is 7.22. The van der Waals surface area contributed by atoms with Gasteiger partial charge >= 0.3 is 0 Å². The topological polar surface area (TPSA) is 43.3 Å². The van der Waals surface area contributed by atoms with Crippen LogP contribution >= 0.6 is 0 Å². The van der Waals surface area contributed by atoms with Gasteiger partial charge in [0.2, 0.25) is 0 Å². The van der Waals surface area contributed by atoms with Crippen LogP contribution in [0.2, 0.25) is 0 Å². The normalized spacial score (nSPS) is 12.0. The molecule has 2 heterocycles. The molecule has 3 nitrogen and oxygen atoms in total. The van der Waals surface area contributed by atoms with E-state index in [1.807, 2.05) is 22.7 Å². The summed E-state index contributed by atoms with van der Waals surface area (Å²) >= 11 is 0. The van der Waals surface area contributed by atoms with Gasteiger partial charge in [-0.3, -0.25) is 0 Å². The molecule has 2 aromatic heterocycles. The number of pyridine rings is 1. The van der Waals surface area contributed by atoms with Gasteiger partial charge in [0.15, 0.2) is 5.65 Å². The monoisotopic (exact) mass is 279 g/mol. The van der Waals surface area contributed by atoms with Crippen molar-refractivity contribution in [3.8, 4) is 11.3 Å². The Labute approximate surface area is 125 Å². The third-order valence-corrected chi connectivity index (χ3v) is 3.94. The minimum absolute atomic E-state index is 0.164. The lowest BCUT2D eigenvalue weighted by atomic mass is 9.86. The number of anilines is 1. The van der Waals surface area contributed by atoms with E-state index in [4.69, 9.17) is 10.7 Å². The minimum atomic E-state index is 0.164. The van der Waals surface area contributed by atoms with E-state index in [0.29, 0.717) is 5.69 Å². The van der Waals surface area contributed by atoms with Crippen LogP contribution in [-0.2, 0) is 5.41 Å². The fraction of sp³-hybridized carbons (Fsp3) is 0.278. The number of hydrogen-bond donors (Lipinski definition) is 1. The van der Waals surface area contributed by atoms with Gasteiger partial charge in [-0.15, -0.1) is 0 Å². The van der Waals surface area contributed by atoms with Gasteiger partial charge in [-0.05, 0) is 30.0 Å². The predicted octanol–water partition coefficient (Wildman–Crippen LogP) is 4.19. The summed E-state index contributed by atoms with van der Waals surface area (Å²) in [4.78, 5) is 4.71. The molecule has 0 spiro atoms. The first kappa shape index (κ1) is 13.7. The highest BCUT2D eigenvalue weighted by Gasteiger charge is 2.15. The molecule has 3 heteroatoms. The fourth-order valence-corrected chi connectivity index (χ4v) is 2.61. The van der Waals surface area contributed by atoms with Gasteiger partial charge in [-0.1, -0.05) is 45.0 Å². The summed E-state index contributed by atoms with van der Waals surface area (Å²) in [5, 5.41) is 0. The van der Waals surface area contributed by atoms with Gasteiger partial charge in [-0.2, -0.15) is 0 Å². The Morgan fingerprint density at radius 1 is 1.05 bits per heavy atom. The van der Waals surface area contributed by atoms with E-state index >= 15 is 0 Å². The zero-order chi connectivity index (χ0) is 15.2. The Morgan fingerprint density at radius 2 is 1.71 bits per heavy atom. The Kier molecular flexibility index (Phi) is 3.01. The molecule has 0 aliphatic rings. The maximum absolute atomic E-state index is 6.01. The molecular weight excluding hydrogens is 258 g/mol. The highest BCUT2D eigenvalue weighted by atomic mass is 15.0. The molecule has 0 bridgehead atoms. The molecule has 108 valence electrons. The number of nitrogens with two attached hydrogens (primary N) is 1. The highest BCUT2D eigenvalue weighted by Crippen LogP contribution is 2.29. The Balaban J connectivity index is 2.13. The number of hydrogen-bond acceptors (Lipinski definition) is 2. The molecule has 3 aromatic rings. The number of nitrogens with zero attached hydrogens (tertiary/aromatic N) is 2. The summed E-state index contributed by atoms with van der Waals surface area (Å²) in [5.74, 6) is 0. The maximum Gasteiger partial charge on any atom is 0.160 e. The van der Waals surface area contributed by atoms with Crippen LogP contribution in [0.25, 0.3) is 16.9 Å². The molecule has 0 saturated carbocycles. The van der Waals surface area contributed by atoms with Crippen LogP contribution < -0.4 is 5.73 Å². The lowest BCUT2D eigenvalue weighted by molar-refractivity contribution is 0.590. The van der Waals surface area contributed by atoms with E-state index in [9.17, 15) is 0 Å². The van der Waals surface area contributed by atoms with Crippen molar-refractivity contribution < 1.29 is 0 Å². The summed E-state index contributed by atoms with van der Waals surface area (Å²) in [6.07, 6.45) is 2.00. The van der Waals surface area contributed by atoms with Gasteiger partial charge < -0.3 is 10.1 Å². The largest absolute Gasteiger partial charge is 0.396 e. The quantitative estimate of drug-likeness (QED) is 0.726. The van der Waals surface area contributed by atoms with E-state index in [1.54, 1.807) is 0 Å². The molecule has 0 radical (unpaired) electrons. The number of aromatic nitrogens is 2. The van der Waals surface area contributed by atoms with E-state index in [0.717, 1.165) is 22.6 Å². The lowest BCUT2D eigenvalue weighted by Crippen LogP contribution is -2.10. The SMILES string of the molecule is Cc1c(-c2ccc(C(C)(C)C)cc2)nc2c(N)cccn12. The second kappa shape index (κ2) is 4.62. The number of fused-ring (bicyclic) bond motifs is 1. The maximum atomic E-state index is 6.01. The lowest BCUT2D eigenvalue weighted by Gasteiger charge is -2.19. The molecule has 21 heavy (non-hydrogen) atoms. The van der Waals surface area contributed by atoms with Crippen LogP contribution in [0.3, 0.4) is 0 Å². The number of rotatable bonds is 1. The van der Waals surface area contributed by atoms with Gasteiger partial charge in [-0.25, -0.2) is 4.98 Å². The third-order valence-electron chi connectivity index (χ3n) is 3.94. The van der Waals surface area contributed by atoms with Crippen LogP contribution in [0.4, 0.5) is 5.69 Å². The van der Waals surface area contributed by atoms with Crippen LogP contribution in [0.15, 0.2) is 42.6 Å². The zero-order valence-corrected chi connectivity index (χ0v) is 13.0. The van der Waals surface area contributed by atoms with Crippen molar-refractivity contribution in [3.05, 3.63) is 53.9 Å². The first-order valence-electron chi connectivity index (χ1n) is 7.22. The summed E-state index contributed by atoms with van der Waals surface area (Å²) in [6.45, 7) is 8.74. The second-order valence-corrected chi connectivity index (χ2v) is 6.53. The van der Waals surface area contributed by atoms with E-state index in [1.165, 1.54) is 5.56 Å². The molecule has 0 atom stereocenters. The van der Waals surface area contributed by atoms with Gasteiger partial charge in [0.1, 0.15) is 0 Å². The van der Waals surface area contributed by atoms with Crippen molar-refractivity contribution in [2.45, 2.75) is 33.1 Å². The third kappa shape index (κ3) is 2.29. The van der Waals surface area contributed by atoms with E-state index in [-0.39, 0.29) is 5.41 Å². The number of imidazole rings is 1. The van der Waals surface area contributed by atoms with Gasteiger partial charge in [0.25, 0.3) is 0 Å². The number of aryl methyl sites for hydroxylation is 1. The smallest absolute Gasteiger partial charge is 0.160 e. The van der Waals surface area contributed by atoms with E-state index < -0.39 is 0 Å². The number of nitrogen functional groups attached to an aromatic ring is 1. The molecule has 0 aliphatic heterocycles. The summed E-state index contributed by atoms with van der Waals surface area (Å²) in [6, 6.07) is 12.5. The molecule has 3 rings (SSSR count). The fourth-order valence-electron chi connectivity index (χ4n) is 2.61. The molecule has 0 aliphatic carbocycles. The van der Waals surface area contributed by atoms with Gasteiger partial charge in [0, 0.05) is 17.5 Å². The first-order chi connectivity index (χ1) is 9.88. The zero-order valence-electron chi connectivity index (χ0n) is 13.0. The average molecular weight is 279 g/mol. The molecular formula is C18H21N3. The summed E-state index contributed by atoms with van der Waals surface area (Å²) in [7, 11) is 0. The van der Waals surface area contributed by atoms with Crippen LogP contribution in [0.5, 0.6) is 0 Å². The molecule has 2 N–H and O–H groups in total. The average Bonchev–Trinajstić information content (AvgIpc) is 2.77. The Hall–Kier alpha value is -2.29. The van der Waals surface area contributed by atoms with E-state index in [2.05, 4.69) is 52.0 Å². The highest BCUT2D eigenvalue weighted by molar-refractivity contribution is 5.73. The van der Waals surface area contributed by atoms with Crippen molar-refractivity contribution in [1.82, 2.24) is 9.38 Å². The van der Waals surface area contributed by atoms with Crippen molar-refractivity contribution in [1.29, 1.82) is 0 Å². The van der Waals surface area contributed by atoms with Crippen LogP contribution in [0, 0.1) is 6.92 Å². The molecule has 0 unspecified atom stereocenters. The van der Waals surface area contributed by atoms with Crippen molar-refractivity contribution in [2.24, 2.45) is 0 Å². The van der Waals surface area contributed by atoms with Crippen LogP contribution in [-0.4, -0.2) is 9.38 Å². The molecule has 0 amide bonds. The number of benzene rings is 1.